The summed E-state index contributed by atoms with van der Waals surface area (Å²) in [6.45, 7) is 0.240. The lowest BCUT2D eigenvalue weighted by atomic mass is 10.1. The summed E-state index contributed by atoms with van der Waals surface area (Å²) in [6.07, 6.45) is -3.05. The van der Waals surface area contributed by atoms with Gasteiger partial charge >= 0.3 is 6.18 Å². The maximum absolute atomic E-state index is 12.8. The smallest absolute Gasteiger partial charge is 0.416 e. The largest absolute Gasteiger partial charge is 0.467 e. The number of hydrogen-bond donors (Lipinski definition) is 1. The summed E-state index contributed by atoms with van der Waals surface area (Å²) >= 11 is 0. The van der Waals surface area contributed by atoms with E-state index in [4.69, 9.17) is 4.42 Å². The molecular weight excluding hydrogens is 337 g/mol. The number of carbonyl (C=O) groups is 2. The number of rotatable bonds is 4. The van der Waals surface area contributed by atoms with Gasteiger partial charge in [0.1, 0.15) is 5.76 Å². The molecule has 1 aromatic carbocycles. The van der Waals surface area contributed by atoms with E-state index in [0.717, 1.165) is 12.1 Å². The Morgan fingerprint density at radius 3 is 2.76 bits per heavy atom. The van der Waals surface area contributed by atoms with Crippen LogP contribution in [-0.4, -0.2) is 18.4 Å². The van der Waals surface area contributed by atoms with Gasteiger partial charge in [0.2, 0.25) is 11.8 Å². The van der Waals surface area contributed by atoms with E-state index in [-0.39, 0.29) is 37.0 Å². The van der Waals surface area contributed by atoms with Gasteiger partial charge in [0.15, 0.2) is 0 Å². The average Bonchev–Trinajstić information content (AvgIpc) is 3.21. The third-order valence-electron chi connectivity index (χ3n) is 4.00. The van der Waals surface area contributed by atoms with Crippen molar-refractivity contribution >= 4 is 17.5 Å². The van der Waals surface area contributed by atoms with E-state index in [1.54, 1.807) is 12.1 Å². The first-order valence-corrected chi connectivity index (χ1v) is 7.62. The minimum Gasteiger partial charge on any atom is -0.467 e. The van der Waals surface area contributed by atoms with Gasteiger partial charge in [0, 0.05) is 18.7 Å². The van der Waals surface area contributed by atoms with Crippen LogP contribution in [0.25, 0.3) is 0 Å². The Kier molecular flexibility index (Phi) is 4.52. The summed E-state index contributed by atoms with van der Waals surface area (Å²) in [7, 11) is 0. The Morgan fingerprint density at radius 1 is 1.28 bits per heavy atom. The van der Waals surface area contributed by atoms with E-state index < -0.39 is 17.7 Å². The number of nitrogens with zero attached hydrogens (tertiary/aromatic N) is 1. The van der Waals surface area contributed by atoms with E-state index in [0.29, 0.717) is 5.76 Å². The fourth-order valence-corrected chi connectivity index (χ4v) is 2.71. The highest BCUT2D eigenvalue weighted by Crippen LogP contribution is 2.33. The lowest BCUT2D eigenvalue weighted by Gasteiger charge is -2.18. The van der Waals surface area contributed by atoms with Crippen LogP contribution in [0.15, 0.2) is 47.1 Å². The van der Waals surface area contributed by atoms with Crippen molar-refractivity contribution in [3.05, 3.63) is 54.0 Å². The van der Waals surface area contributed by atoms with Crippen molar-refractivity contribution in [3.8, 4) is 0 Å². The van der Waals surface area contributed by atoms with Gasteiger partial charge in [-0.3, -0.25) is 9.59 Å². The first-order chi connectivity index (χ1) is 11.8. The van der Waals surface area contributed by atoms with Gasteiger partial charge in [-0.05, 0) is 30.3 Å². The molecule has 1 aromatic heterocycles. The SMILES string of the molecule is O=C(NCc1ccco1)C1CC(=O)N(c2cccc(C(F)(F)F)c2)C1. The summed E-state index contributed by atoms with van der Waals surface area (Å²) in [5, 5.41) is 2.66. The monoisotopic (exact) mass is 352 g/mol. The van der Waals surface area contributed by atoms with Crippen molar-refractivity contribution in [2.75, 3.05) is 11.4 Å². The van der Waals surface area contributed by atoms with E-state index >= 15 is 0 Å². The van der Waals surface area contributed by atoms with E-state index in [1.165, 1.54) is 23.3 Å². The summed E-state index contributed by atoms with van der Waals surface area (Å²) in [5.41, 5.74) is -0.690. The predicted octanol–water partition coefficient (Wildman–Crippen LogP) is 2.97. The lowest BCUT2D eigenvalue weighted by Crippen LogP contribution is -2.32. The molecule has 0 saturated carbocycles. The highest BCUT2D eigenvalue weighted by atomic mass is 19.4. The molecule has 1 saturated heterocycles. The van der Waals surface area contributed by atoms with Gasteiger partial charge in [0.05, 0.1) is 24.3 Å². The number of benzene rings is 1. The molecule has 2 amide bonds. The number of anilines is 1. The van der Waals surface area contributed by atoms with Crippen LogP contribution in [-0.2, 0) is 22.3 Å². The molecule has 1 aliphatic rings. The van der Waals surface area contributed by atoms with E-state index in [2.05, 4.69) is 5.32 Å². The molecule has 0 bridgehead atoms. The Morgan fingerprint density at radius 2 is 2.08 bits per heavy atom. The highest BCUT2D eigenvalue weighted by molar-refractivity contribution is 6.00. The zero-order valence-electron chi connectivity index (χ0n) is 13.0. The quantitative estimate of drug-likeness (QED) is 0.920. The maximum Gasteiger partial charge on any atom is 0.416 e. The number of halogens is 3. The molecule has 5 nitrogen and oxygen atoms in total. The number of alkyl halides is 3. The van der Waals surface area contributed by atoms with Crippen LogP contribution < -0.4 is 10.2 Å². The molecule has 8 heteroatoms. The minimum absolute atomic E-state index is 0.0414. The second kappa shape index (κ2) is 6.62. The molecule has 0 aliphatic carbocycles. The molecule has 1 fully saturated rings. The lowest BCUT2D eigenvalue weighted by molar-refractivity contribution is -0.137. The van der Waals surface area contributed by atoms with Gasteiger partial charge in [-0.1, -0.05) is 6.07 Å². The summed E-state index contributed by atoms with van der Waals surface area (Å²) < 4.78 is 43.6. The molecular formula is C17H15F3N2O3. The molecule has 132 valence electrons. The van der Waals surface area contributed by atoms with Gasteiger partial charge in [-0.25, -0.2) is 0 Å². The third kappa shape index (κ3) is 3.84. The van der Waals surface area contributed by atoms with Crippen LogP contribution in [0.4, 0.5) is 18.9 Å². The fraction of sp³-hybridized carbons (Fsp3) is 0.294. The normalized spacial score (nSPS) is 17.8. The van der Waals surface area contributed by atoms with Crippen molar-refractivity contribution in [1.82, 2.24) is 5.32 Å². The Balaban J connectivity index is 1.67. The Labute approximate surface area is 141 Å². The molecule has 1 unspecified atom stereocenters. The molecule has 3 rings (SSSR count). The number of nitrogens with one attached hydrogen (secondary N) is 1. The van der Waals surface area contributed by atoms with Crippen molar-refractivity contribution in [2.45, 2.75) is 19.1 Å². The Hall–Kier alpha value is -2.77. The molecule has 1 atom stereocenters. The van der Waals surface area contributed by atoms with Gasteiger partial charge < -0.3 is 14.6 Å². The molecule has 25 heavy (non-hydrogen) atoms. The third-order valence-corrected chi connectivity index (χ3v) is 4.00. The summed E-state index contributed by atoms with van der Waals surface area (Å²) in [4.78, 5) is 25.5. The molecule has 0 spiro atoms. The second-order valence-corrected chi connectivity index (χ2v) is 5.75. The molecule has 0 radical (unpaired) electrons. The van der Waals surface area contributed by atoms with Gasteiger partial charge in [-0.15, -0.1) is 0 Å². The molecule has 1 aliphatic heterocycles. The van der Waals surface area contributed by atoms with Crippen LogP contribution in [0.3, 0.4) is 0 Å². The van der Waals surface area contributed by atoms with Crippen LogP contribution in [0, 0.1) is 5.92 Å². The number of amides is 2. The van der Waals surface area contributed by atoms with Gasteiger partial charge in [0.25, 0.3) is 0 Å². The zero-order chi connectivity index (χ0) is 18.0. The first-order valence-electron chi connectivity index (χ1n) is 7.62. The van der Waals surface area contributed by atoms with Crippen LogP contribution >= 0.6 is 0 Å². The standard InChI is InChI=1S/C17H15F3N2O3/c18-17(19,20)12-3-1-4-13(8-12)22-10-11(7-15(22)23)16(24)21-9-14-5-2-6-25-14/h1-6,8,11H,7,9-10H2,(H,21,24). The van der Waals surface area contributed by atoms with Crippen LogP contribution in [0.5, 0.6) is 0 Å². The Bertz CT molecular complexity index is 772. The van der Waals surface area contributed by atoms with E-state index in [1.807, 2.05) is 0 Å². The zero-order valence-corrected chi connectivity index (χ0v) is 13.0. The average molecular weight is 352 g/mol. The van der Waals surface area contributed by atoms with E-state index in [9.17, 15) is 22.8 Å². The minimum atomic E-state index is -4.49. The summed E-state index contributed by atoms with van der Waals surface area (Å²) in [6, 6.07) is 7.93. The van der Waals surface area contributed by atoms with Crippen molar-refractivity contribution in [2.24, 2.45) is 5.92 Å². The van der Waals surface area contributed by atoms with Crippen molar-refractivity contribution < 1.29 is 27.2 Å². The second-order valence-electron chi connectivity index (χ2n) is 5.75. The number of carbonyl (C=O) groups excluding carboxylic acids is 2. The molecule has 2 aromatic rings. The fourth-order valence-electron chi connectivity index (χ4n) is 2.71. The van der Waals surface area contributed by atoms with Crippen LogP contribution in [0.1, 0.15) is 17.7 Å². The first kappa shape index (κ1) is 17.1. The van der Waals surface area contributed by atoms with Crippen LogP contribution in [0.2, 0.25) is 0 Å². The summed E-state index contributed by atoms with van der Waals surface area (Å²) in [5.74, 6) is -0.749. The van der Waals surface area contributed by atoms with Gasteiger partial charge in [-0.2, -0.15) is 13.2 Å². The van der Waals surface area contributed by atoms with Crippen molar-refractivity contribution in [1.29, 1.82) is 0 Å². The molecule has 2 heterocycles. The predicted molar refractivity (Wildman–Crippen MR) is 82.5 cm³/mol. The number of furan rings is 1. The maximum atomic E-state index is 12.8. The number of hydrogen-bond acceptors (Lipinski definition) is 3. The topological polar surface area (TPSA) is 62.6 Å². The van der Waals surface area contributed by atoms with Crippen molar-refractivity contribution in [3.63, 3.8) is 0 Å². The molecule has 1 N–H and O–H groups in total. The highest BCUT2D eigenvalue weighted by Gasteiger charge is 2.36.